The fourth-order valence-electron chi connectivity index (χ4n) is 6.04. The normalized spacial score (nSPS) is 12.1. The number of rotatable bonds is 16. The van der Waals surface area contributed by atoms with Crippen LogP contribution in [-0.4, -0.2) is 49.0 Å². The van der Waals surface area contributed by atoms with Crippen LogP contribution in [0, 0.1) is 11.6 Å². The summed E-state index contributed by atoms with van der Waals surface area (Å²) in [6, 6.07) is 22.4. The van der Waals surface area contributed by atoms with E-state index in [1.54, 1.807) is 67.3 Å². The average Bonchev–Trinajstić information content (AvgIpc) is 3.21. The molecular formula is C42H45F2N6O7P. The van der Waals surface area contributed by atoms with Crippen molar-refractivity contribution in [1.82, 2.24) is 19.9 Å². The van der Waals surface area contributed by atoms with Crippen molar-refractivity contribution in [3.05, 3.63) is 132 Å². The lowest BCUT2D eigenvalue weighted by Crippen LogP contribution is -2.12. The molecule has 0 aliphatic carbocycles. The Morgan fingerprint density at radius 2 is 1.14 bits per heavy atom. The predicted molar refractivity (Wildman–Crippen MR) is 218 cm³/mol. The molecule has 0 fully saturated rings. The van der Waals surface area contributed by atoms with Crippen molar-refractivity contribution < 1.29 is 42.2 Å². The Morgan fingerprint density at radius 1 is 0.655 bits per heavy atom. The molecule has 0 aliphatic heterocycles. The molecule has 0 unspecified atom stereocenters. The van der Waals surface area contributed by atoms with Crippen LogP contribution in [0.1, 0.15) is 62.7 Å². The summed E-state index contributed by atoms with van der Waals surface area (Å²) in [5, 5.41) is 16.4. The van der Waals surface area contributed by atoms with Gasteiger partial charge in [-0.2, -0.15) is 0 Å². The third-order valence-electron chi connectivity index (χ3n) is 8.72. The zero-order chi connectivity index (χ0) is 41.7. The van der Waals surface area contributed by atoms with Crippen molar-refractivity contribution >= 4 is 19.5 Å². The summed E-state index contributed by atoms with van der Waals surface area (Å²) in [6.07, 6.45) is 9.86. The molecule has 6 rings (SSSR count). The summed E-state index contributed by atoms with van der Waals surface area (Å²) in [5.41, 5.74) is 4.24. The number of nitrogens with zero attached hydrogens (tertiary/aromatic N) is 4. The second-order valence-electron chi connectivity index (χ2n) is 13.0. The lowest BCUT2D eigenvalue weighted by molar-refractivity contribution is 0.276. The van der Waals surface area contributed by atoms with Crippen LogP contribution < -0.4 is 24.6 Å². The molecule has 58 heavy (non-hydrogen) atoms. The van der Waals surface area contributed by atoms with Gasteiger partial charge in [0.1, 0.15) is 23.3 Å². The molecule has 2 atom stereocenters. The number of phenols is 1. The minimum Gasteiger partial charge on any atom is -0.504 e. The molecule has 0 aliphatic rings. The molecule has 0 radical (unpaired) electrons. The summed E-state index contributed by atoms with van der Waals surface area (Å²) in [7, 11) is -1.86. The van der Waals surface area contributed by atoms with Gasteiger partial charge in [-0.1, -0.05) is 51.0 Å². The first-order valence-corrected chi connectivity index (χ1v) is 19.9. The standard InChI is InChI=1S/C21H23FN3O5P.C21H22FN3O2/c1-3-5-17(14-6-4-7-16(22)10-14)24-21-13-23-12-18(25-21)15-8-9-19(20(11-15)29-2)30-31(26,27)28;1-3-5-17(14-6-4-7-16(22)10-14)24-21-13-23-12-18(25-21)15-8-9-19(26)20(11-15)27-2/h4,6-13,17H,3,5H2,1-2H3,(H,24,25)(H2,26,27,28);4,6-13,17,26H,3,5H2,1-2H3,(H,24,25)/t2*17-/m00/s1. The SMILES string of the molecule is CCC[C@H](Nc1cncc(-c2ccc(O)c(OC)c2)n1)c1cccc(F)c1.CCC[C@H](Nc1cncc(-c2ccc(OP(=O)(O)O)c(OC)c2)n1)c1cccc(F)c1. The fourth-order valence-corrected chi connectivity index (χ4v) is 6.45. The maximum absolute atomic E-state index is 13.7. The highest BCUT2D eigenvalue weighted by Gasteiger charge is 2.20. The van der Waals surface area contributed by atoms with Gasteiger partial charge in [-0.15, -0.1) is 0 Å². The lowest BCUT2D eigenvalue weighted by Gasteiger charge is -2.19. The molecule has 0 saturated carbocycles. The molecule has 6 aromatic rings. The van der Waals surface area contributed by atoms with Crippen molar-refractivity contribution in [2.75, 3.05) is 24.9 Å². The third kappa shape index (κ3) is 12.2. The number of phosphoric ester groups is 1. The van der Waals surface area contributed by atoms with Gasteiger partial charge in [0, 0.05) is 11.1 Å². The van der Waals surface area contributed by atoms with E-state index in [9.17, 15) is 18.5 Å². The number of phenolic OH excluding ortho intramolecular Hbond substituents is 1. The van der Waals surface area contributed by atoms with Gasteiger partial charge in [-0.05, 0) is 84.6 Å². The average molecular weight is 815 g/mol. The molecule has 2 aromatic heterocycles. The van der Waals surface area contributed by atoms with E-state index in [1.165, 1.54) is 44.6 Å². The summed E-state index contributed by atoms with van der Waals surface area (Å²) < 4.78 is 53.4. The van der Waals surface area contributed by atoms with E-state index >= 15 is 0 Å². The highest BCUT2D eigenvalue weighted by molar-refractivity contribution is 7.46. The third-order valence-corrected chi connectivity index (χ3v) is 9.16. The van der Waals surface area contributed by atoms with Gasteiger partial charge in [0.15, 0.2) is 23.0 Å². The largest absolute Gasteiger partial charge is 0.524 e. The summed E-state index contributed by atoms with van der Waals surface area (Å²) in [5.74, 6) is 1.04. The summed E-state index contributed by atoms with van der Waals surface area (Å²) in [6.45, 7) is 4.13. The molecule has 0 spiro atoms. The molecule has 0 bridgehead atoms. The fraction of sp³-hybridized carbons (Fsp3) is 0.238. The summed E-state index contributed by atoms with van der Waals surface area (Å²) >= 11 is 0. The topological polar surface area (TPSA) is 181 Å². The molecule has 4 aromatic carbocycles. The van der Waals surface area contributed by atoms with Crippen molar-refractivity contribution in [1.29, 1.82) is 0 Å². The van der Waals surface area contributed by atoms with Crippen LogP contribution in [0.15, 0.2) is 110 Å². The van der Waals surface area contributed by atoms with Gasteiger partial charge in [0.25, 0.3) is 0 Å². The second-order valence-corrected chi connectivity index (χ2v) is 14.2. The number of phosphoric acid groups is 1. The van der Waals surface area contributed by atoms with Gasteiger partial charge in [-0.25, -0.2) is 23.3 Å². The van der Waals surface area contributed by atoms with Gasteiger partial charge in [0.2, 0.25) is 0 Å². The van der Waals surface area contributed by atoms with Gasteiger partial charge in [0.05, 0.1) is 62.5 Å². The van der Waals surface area contributed by atoms with Crippen LogP contribution in [0.2, 0.25) is 0 Å². The van der Waals surface area contributed by atoms with E-state index < -0.39 is 7.82 Å². The number of anilines is 2. The zero-order valence-electron chi connectivity index (χ0n) is 32.3. The number of aromatic nitrogens is 4. The van der Waals surface area contributed by atoms with Crippen LogP contribution >= 0.6 is 7.82 Å². The van der Waals surface area contributed by atoms with Crippen molar-refractivity contribution in [3.63, 3.8) is 0 Å². The van der Waals surface area contributed by atoms with E-state index in [1.807, 2.05) is 19.1 Å². The first-order chi connectivity index (χ1) is 27.9. The number of benzene rings is 4. The number of methoxy groups -OCH3 is 2. The van der Waals surface area contributed by atoms with E-state index in [-0.39, 0.29) is 41.0 Å². The maximum atomic E-state index is 13.7. The minimum absolute atomic E-state index is 0.0652. The highest BCUT2D eigenvalue weighted by atomic mass is 31.2. The molecule has 16 heteroatoms. The van der Waals surface area contributed by atoms with Gasteiger partial charge >= 0.3 is 7.82 Å². The molecule has 304 valence electrons. The smallest absolute Gasteiger partial charge is 0.504 e. The summed E-state index contributed by atoms with van der Waals surface area (Å²) in [4.78, 5) is 35.7. The Kier molecular flexibility index (Phi) is 15.1. The van der Waals surface area contributed by atoms with Gasteiger partial charge < -0.3 is 29.7 Å². The number of halogens is 2. The van der Waals surface area contributed by atoms with Crippen LogP contribution in [0.3, 0.4) is 0 Å². The van der Waals surface area contributed by atoms with E-state index in [0.717, 1.165) is 42.4 Å². The Bertz CT molecular complexity index is 2330. The molecule has 0 saturated heterocycles. The maximum Gasteiger partial charge on any atom is 0.524 e. The monoisotopic (exact) mass is 814 g/mol. The molecule has 13 nitrogen and oxygen atoms in total. The Morgan fingerprint density at radius 3 is 1.59 bits per heavy atom. The first-order valence-electron chi connectivity index (χ1n) is 18.4. The minimum atomic E-state index is -4.72. The van der Waals surface area contributed by atoms with Crippen molar-refractivity contribution in [3.8, 4) is 45.5 Å². The molecule has 5 N–H and O–H groups in total. The molecule has 0 amide bonds. The Hall–Kier alpha value is -6.15. The van der Waals surface area contributed by atoms with Crippen LogP contribution in [0.25, 0.3) is 22.5 Å². The van der Waals surface area contributed by atoms with Crippen molar-refractivity contribution in [2.24, 2.45) is 0 Å². The van der Waals surface area contributed by atoms with E-state index in [4.69, 9.17) is 19.3 Å². The van der Waals surface area contributed by atoms with Crippen molar-refractivity contribution in [2.45, 2.75) is 51.6 Å². The first kappa shape index (κ1) is 43.0. The number of hydrogen-bond donors (Lipinski definition) is 5. The second kappa shape index (κ2) is 20.3. The van der Waals surface area contributed by atoms with Crippen LogP contribution in [-0.2, 0) is 4.57 Å². The predicted octanol–water partition coefficient (Wildman–Crippen LogP) is 9.67. The van der Waals surface area contributed by atoms with E-state index in [0.29, 0.717) is 34.3 Å². The number of hydrogen-bond acceptors (Lipinski definition) is 11. The van der Waals surface area contributed by atoms with E-state index in [2.05, 4.69) is 42.0 Å². The van der Waals surface area contributed by atoms with Gasteiger partial charge in [-0.3, -0.25) is 19.8 Å². The van der Waals surface area contributed by atoms with Crippen LogP contribution in [0.5, 0.6) is 23.0 Å². The molecular weight excluding hydrogens is 769 g/mol. The van der Waals surface area contributed by atoms with Crippen LogP contribution in [0.4, 0.5) is 20.4 Å². The number of nitrogens with one attached hydrogen (secondary N) is 2. The Balaban J connectivity index is 0.000000223. The lowest BCUT2D eigenvalue weighted by atomic mass is 10.0. The quantitative estimate of drug-likeness (QED) is 0.0583. The number of aromatic hydroxyl groups is 1. The highest BCUT2D eigenvalue weighted by Crippen LogP contribution is 2.43. The molecule has 2 heterocycles. The zero-order valence-corrected chi connectivity index (χ0v) is 33.2. The Labute approximate surface area is 335 Å². The number of ether oxygens (including phenoxy) is 2.